The minimum atomic E-state index is -1.05. The van der Waals surface area contributed by atoms with E-state index in [1.54, 1.807) is 6.92 Å². The number of carbonyl (C=O) groups excluding carboxylic acids is 2. The zero-order valence-electron chi connectivity index (χ0n) is 10.4. The zero-order valence-corrected chi connectivity index (χ0v) is 10.4. The van der Waals surface area contributed by atoms with Crippen LogP contribution in [0.3, 0.4) is 0 Å². The Labute approximate surface area is 100 Å². The van der Waals surface area contributed by atoms with Gasteiger partial charge in [0.15, 0.2) is 6.23 Å². The summed E-state index contributed by atoms with van der Waals surface area (Å²) in [6.45, 7) is 8.49. The number of hydrogen-bond acceptors (Lipinski definition) is 6. The van der Waals surface area contributed by atoms with Crippen molar-refractivity contribution >= 4 is 17.7 Å². The third kappa shape index (κ3) is 7.24. The van der Waals surface area contributed by atoms with Gasteiger partial charge in [-0.25, -0.2) is 9.59 Å². The number of oxime groups is 1. The first kappa shape index (κ1) is 15.3. The fraction of sp³-hybridized carbons (Fsp3) is 0.545. The summed E-state index contributed by atoms with van der Waals surface area (Å²) >= 11 is 0. The van der Waals surface area contributed by atoms with Crippen molar-refractivity contribution in [2.45, 2.75) is 39.8 Å². The van der Waals surface area contributed by atoms with Gasteiger partial charge in [0, 0.05) is 5.57 Å². The van der Waals surface area contributed by atoms with Gasteiger partial charge in [-0.1, -0.05) is 18.7 Å². The van der Waals surface area contributed by atoms with E-state index in [1.165, 1.54) is 6.92 Å². The second-order valence-corrected chi connectivity index (χ2v) is 3.57. The van der Waals surface area contributed by atoms with E-state index < -0.39 is 18.2 Å². The van der Waals surface area contributed by atoms with E-state index in [0.717, 1.165) is 0 Å². The average molecular weight is 242 g/mol. The fourth-order valence-electron chi connectivity index (χ4n) is 0.675. The monoisotopic (exact) mass is 242 g/mol. The van der Waals surface area contributed by atoms with E-state index in [2.05, 4.69) is 16.6 Å². The summed E-state index contributed by atoms with van der Waals surface area (Å²) in [4.78, 5) is 26.8. The van der Waals surface area contributed by atoms with Crippen LogP contribution >= 0.6 is 0 Å². The SMILES string of the molecule is C=C(C)C(=O)OC(N)CC(=O)O/N=C(\C)CC. The van der Waals surface area contributed by atoms with E-state index in [9.17, 15) is 9.59 Å². The van der Waals surface area contributed by atoms with Gasteiger partial charge in [-0.05, 0) is 20.3 Å². The second-order valence-electron chi connectivity index (χ2n) is 3.57. The highest BCUT2D eigenvalue weighted by molar-refractivity contribution is 5.87. The normalized spacial score (nSPS) is 12.8. The van der Waals surface area contributed by atoms with Gasteiger partial charge in [0.25, 0.3) is 0 Å². The lowest BCUT2D eigenvalue weighted by molar-refractivity contribution is -0.152. The molecule has 0 saturated carbocycles. The molecule has 0 fully saturated rings. The van der Waals surface area contributed by atoms with Crippen molar-refractivity contribution < 1.29 is 19.2 Å². The Bertz CT molecular complexity index is 336. The van der Waals surface area contributed by atoms with Gasteiger partial charge in [-0.15, -0.1) is 0 Å². The molecule has 6 heteroatoms. The molecule has 6 nitrogen and oxygen atoms in total. The van der Waals surface area contributed by atoms with Crippen LogP contribution < -0.4 is 5.73 Å². The topological polar surface area (TPSA) is 91.0 Å². The molecule has 0 radical (unpaired) electrons. The van der Waals surface area contributed by atoms with Crippen LogP contribution in [0.4, 0.5) is 0 Å². The summed E-state index contributed by atoms with van der Waals surface area (Å²) in [6, 6.07) is 0. The van der Waals surface area contributed by atoms with Gasteiger partial charge in [0.1, 0.15) is 0 Å². The van der Waals surface area contributed by atoms with E-state index in [1.807, 2.05) is 6.92 Å². The molecule has 0 heterocycles. The van der Waals surface area contributed by atoms with Gasteiger partial charge in [-0.2, -0.15) is 0 Å². The summed E-state index contributed by atoms with van der Waals surface area (Å²) in [7, 11) is 0. The lowest BCUT2D eigenvalue weighted by Gasteiger charge is -2.11. The van der Waals surface area contributed by atoms with E-state index in [4.69, 9.17) is 10.5 Å². The Morgan fingerprint density at radius 1 is 1.41 bits per heavy atom. The maximum Gasteiger partial charge on any atom is 0.340 e. The number of ether oxygens (including phenoxy) is 1. The Morgan fingerprint density at radius 2 is 2.00 bits per heavy atom. The molecule has 96 valence electrons. The van der Waals surface area contributed by atoms with Crippen molar-refractivity contribution in [2.24, 2.45) is 10.9 Å². The van der Waals surface area contributed by atoms with E-state index in [-0.39, 0.29) is 12.0 Å². The van der Waals surface area contributed by atoms with E-state index >= 15 is 0 Å². The lowest BCUT2D eigenvalue weighted by Crippen LogP contribution is -2.30. The molecular weight excluding hydrogens is 224 g/mol. The first-order valence-corrected chi connectivity index (χ1v) is 5.22. The molecule has 0 amide bonds. The quantitative estimate of drug-likeness (QED) is 0.188. The molecule has 0 aliphatic carbocycles. The maximum atomic E-state index is 11.2. The molecule has 0 aliphatic rings. The highest BCUT2D eigenvalue weighted by atomic mass is 16.7. The second kappa shape index (κ2) is 7.56. The molecule has 0 aliphatic heterocycles. The van der Waals surface area contributed by atoms with Crippen LogP contribution in [0.5, 0.6) is 0 Å². The molecule has 0 saturated heterocycles. The minimum absolute atomic E-state index is 0.216. The van der Waals surface area contributed by atoms with Crippen molar-refractivity contribution in [1.82, 2.24) is 0 Å². The standard InChI is InChI=1S/C11H18N2O4/c1-5-8(4)13-17-10(14)6-9(12)16-11(15)7(2)3/h9H,2,5-6,12H2,1,3-4H3/b13-8+. The molecule has 0 spiro atoms. The van der Waals surface area contributed by atoms with Crippen LogP contribution in [0, 0.1) is 0 Å². The van der Waals surface area contributed by atoms with Crippen molar-refractivity contribution in [2.75, 3.05) is 0 Å². The highest BCUT2D eigenvalue weighted by Gasteiger charge is 2.15. The molecule has 1 unspecified atom stereocenters. The van der Waals surface area contributed by atoms with Gasteiger partial charge in [-0.3, -0.25) is 5.73 Å². The van der Waals surface area contributed by atoms with Crippen LogP contribution in [-0.2, 0) is 19.2 Å². The van der Waals surface area contributed by atoms with Crippen molar-refractivity contribution in [1.29, 1.82) is 0 Å². The third-order valence-electron chi connectivity index (χ3n) is 1.79. The first-order chi connectivity index (χ1) is 7.86. The molecule has 0 bridgehead atoms. The number of esters is 1. The van der Waals surface area contributed by atoms with Crippen molar-refractivity contribution in [3.8, 4) is 0 Å². The summed E-state index contributed by atoms with van der Waals surface area (Å²) in [6.07, 6.45) is -0.618. The van der Waals surface area contributed by atoms with Gasteiger partial charge in [0.2, 0.25) is 0 Å². The molecule has 0 rings (SSSR count). The predicted molar refractivity (Wildman–Crippen MR) is 63.0 cm³/mol. The first-order valence-electron chi connectivity index (χ1n) is 5.22. The van der Waals surface area contributed by atoms with Gasteiger partial charge in [0.05, 0.1) is 12.1 Å². The molecule has 1 atom stereocenters. The van der Waals surface area contributed by atoms with Crippen LogP contribution in [0.1, 0.15) is 33.6 Å². The van der Waals surface area contributed by atoms with Crippen LogP contribution in [0.25, 0.3) is 0 Å². The number of nitrogens with two attached hydrogens (primary N) is 1. The lowest BCUT2D eigenvalue weighted by atomic mass is 10.3. The summed E-state index contributed by atoms with van der Waals surface area (Å²) < 4.78 is 4.71. The molecule has 2 N–H and O–H groups in total. The summed E-state index contributed by atoms with van der Waals surface area (Å²) in [5.41, 5.74) is 6.32. The predicted octanol–water partition coefficient (Wildman–Crippen LogP) is 1.11. The van der Waals surface area contributed by atoms with Crippen LogP contribution in [0.15, 0.2) is 17.3 Å². The summed E-state index contributed by atoms with van der Waals surface area (Å²) in [5, 5.41) is 3.56. The molecule has 0 aromatic carbocycles. The zero-order chi connectivity index (χ0) is 13.4. The third-order valence-corrected chi connectivity index (χ3v) is 1.79. The van der Waals surface area contributed by atoms with E-state index in [0.29, 0.717) is 12.1 Å². The van der Waals surface area contributed by atoms with Crippen LogP contribution in [-0.4, -0.2) is 23.9 Å². The van der Waals surface area contributed by atoms with Gasteiger partial charge >= 0.3 is 11.9 Å². The number of rotatable bonds is 6. The summed E-state index contributed by atoms with van der Waals surface area (Å²) in [5.74, 6) is -1.29. The number of hydrogen-bond donors (Lipinski definition) is 1. The molecular formula is C11H18N2O4. The van der Waals surface area contributed by atoms with Crippen molar-refractivity contribution in [3.05, 3.63) is 12.2 Å². The minimum Gasteiger partial charge on any atom is -0.443 e. The Kier molecular flexibility index (Phi) is 6.81. The Morgan fingerprint density at radius 3 is 2.47 bits per heavy atom. The van der Waals surface area contributed by atoms with Crippen molar-refractivity contribution in [3.63, 3.8) is 0 Å². The molecule has 0 aromatic heterocycles. The highest BCUT2D eigenvalue weighted by Crippen LogP contribution is 2.00. The Hall–Kier alpha value is -1.69. The smallest absolute Gasteiger partial charge is 0.340 e. The average Bonchev–Trinajstić information content (AvgIpc) is 2.25. The molecule has 0 aromatic rings. The largest absolute Gasteiger partial charge is 0.443 e. The maximum absolute atomic E-state index is 11.2. The molecule has 17 heavy (non-hydrogen) atoms. The number of carbonyl (C=O) groups is 2. The fourth-order valence-corrected chi connectivity index (χ4v) is 0.675. The van der Waals surface area contributed by atoms with Crippen LogP contribution in [0.2, 0.25) is 0 Å². The Balaban J connectivity index is 4.04. The van der Waals surface area contributed by atoms with Gasteiger partial charge < -0.3 is 9.57 Å². The number of nitrogens with zero attached hydrogens (tertiary/aromatic N) is 1.